The molecule has 0 atom stereocenters. The first-order chi connectivity index (χ1) is 8.66. The SMILES string of the molecule is Cc1coc2cccc(-c3noc(C(=O)O)n3)c12. The molecule has 0 spiro atoms. The van der Waals surface area contributed by atoms with E-state index >= 15 is 0 Å². The van der Waals surface area contributed by atoms with Gasteiger partial charge in [-0.3, -0.25) is 0 Å². The van der Waals surface area contributed by atoms with Gasteiger partial charge in [-0.05, 0) is 18.6 Å². The van der Waals surface area contributed by atoms with Crippen molar-refractivity contribution in [3.8, 4) is 11.4 Å². The van der Waals surface area contributed by atoms with Crippen LogP contribution in [-0.4, -0.2) is 21.2 Å². The molecule has 2 aromatic heterocycles. The minimum atomic E-state index is -1.25. The van der Waals surface area contributed by atoms with E-state index in [2.05, 4.69) is 14.7 Å². The Morgan fingerprint density at radius 2 is 2.22 bits per heavy atom. The molecule has 18 heavy (non-hydrogen) atoms. The summed E-state index contributed by atoms with van der Waals surface area (Å²) in [6, 6.07) is 5.41. The van der Waals surface area contributed by atoms with Crippen molar-refractivity contribution in [2.45, 2.75) is 6.92 Å². The Hall–Kier alpha value is -2.63. The topological polar surface area (TPSA) is 89.4 Å². The zero-order valence-corrected chi connectivity index (χ0v) is 9.38. The predicted molar refractivity (Wildman–Crippen MR) is 61.2 cm³/mol. The quantitative estimate of drug-likeness (QED) is 0.744. The second kappa shape index (κ2) is 3.69. The Balaban J connectivity index is 2.24. The number of carbonyl (C=O) groups is 1. The average molecular weight is 244 g/mol. The number of carboxylic acid groups (broad SMARTS) is 1. The van der Waals surface area contributed by atoms with Crippen LogP contribution in [0, 0.1) is 6.92 Å². The molecule has 0 saturated heterocycles. The molecule has 1 N–H and O–H groups in total. The standard InChI is InChI=1S/C12H8N2O4/c1-6-5-17-8-4-2-3-7(9(6)8)10-13-11(12(15)16)18-14-10/h2-5H,1H3,(H,15,16). The fraction of sp³-hybridized carbons (Fsp3) is 0.0833. The molecule has 6 heteroatoms. The molecule has 0 radical (unpaired) electrons. The Morgan fingerprint density at radius 1 is 1.39 bits per heavy atom. The molecule has 0 aliphatic carbocycles. The summed E-state index contributed by atoms with van der Waals surface area (Å²) in [6.07, 6.45) is 1.63. The molecule has 3 rings (SSSR count). The van der Waals surface area contributed by atoms with Gasteiger partial charge in [0.25, 0.3) is 0 Å². The normalized spacial score (nSPS) is 10.9. The van der Waals surface area contributed by atoms with Crippen LogP contribution in [0.25, 0.3) is 22.4 Å². The summed E-state index contributed by atoms with van der Waals surface area (Å²) in [4.78, 5) is 14.5. The second-order valence-electron chi connectivity index (χ2n) is 3.83. The Bertz CT molecular complexity index is 741. The molecule has 1 aromatic carbocycles. The monoisotopic (exact) mass is 244 g/mol. The summed E-state index contributed by atoms with van der Waals surface area (Å²) >= 11 is 0. The first-order valence-corrected chi connectivity index (χ1v) is 5.21. The summed E-state index contributed by atoms with van der Waals surface area (Å²) in [7, 11) is 0. The van der Waals surface area contributed by atoms with Crippen molar-refractivity contribution in [1.29, 1.82) is 0 Å². The molecule has 3 aromatic rings. The average Bonchev–Trinajstić information content (AvgIpc) is 2.96. The summed E-state index contributed by atoms with van der Waals surface area (Å²) in [5.41, 5.74) is 2.32. The van der Waals surface area contributed by atoms with E-state index in [-0.39, 0.29) is 5.82 Å². The van der Waals surface area contributed by atoms with Crippen LogP contribution in [0.2, 0.25) is 0 Å². The highest BCUT2D eigenvalue weighted by molar-refractivity contribution is 5.95. The van der Waals surface area contributed by atoms with Crippen molar-refractivity contribution >= 4 is 16.9 Å². The van der Waals surface area contributed by atoms with Gasteiger partial charge in [-0.25, -0.2) is 4.79 Å². The van der Waals surface area contributed by atoms with Crippen molar-refractivity contribution in [3.63, 3.8) is 0 Å². The van der Waals surface area contributed by atoms with Gasteiger partial charge >= 0.3 is 11.9 Å². The highest BCUT2D eigenvalue weighted by Crippen LogP contribution is 2.30. The molecule has 2 heterocycles. The number of hydrogen-bond donors (Lipinski definition) is 1. The van der Waals surface area contributed by atoms with Crippen molar-refractivity contribution in [2.75, 3.05) is 0 Å². The van der Waals surface area contributed by atoms with E-state index in [9.17, 15) is 4.79 Å². The van der Waals surface area contributed by atoms with E-state index < -0.39 is 11.9 Å². The summed E-state index contributed by atoms with van der Waals surface area (Å²) in [5, 5.41) is 13.3. The predicted octanol–water partition coefficient (Wildman–Crippen LogP) is 2.49. The lowest BCUT2D eigenvalue weighted by Crippen LogP contribution is -1.95. The van der Waals surface area contributed by atoms with Gasteiger partial charge < -0.3 is 14.0 Å². The summed E-state index contributed by atoms with van der Waals surface area (Å²) in [6.45, 7) is 1.90. The number of fused-ring (bicyclic) bond motifs is 1. The van der Waals surface area contributed by atoms with Crippen LogP contribution in [-0.2, 0) is 0 Å². The van der Waals surface area contributed by atoms with Gasteiger partial charge in [0.05, 0.1) is 6.26 Å². The molecule has 6 nitrogen and oxygen atoms in total. The van der Waals surface area contributed by atoms with Gasteiger partial charge in [0.1, 0.15) is 5.58 Å². The number of benzene rings is 1. The lowest BCUT2D eigenvalue weighted by Gasteiger charge is -1.97. The Morgan fingerprint density at radius 3 is 2.94 bits per heavy atom. The van der Waals surface area contributed by atoms with Crippen molar-refractivity contribution in [3.05, 3.63) is 35.9 Å². The highest BCUT2D eigenvalue weighted by atomic mass is 16.5. The van der Waals surface area contributed by atoms with E-state index in [4.69, 9.17) is 9.52 Å². The van der Waals surface area contributed by atoms with E-state index in [1.807, 2.05) is 13.0 Å². The molecule has 0 fully saturated rings. The van der Waals surface area contributed by atoms with E-state index in [1.165, 1.54) is 0 Å². The molecule has 0 saturated carbocycles. The lowest BCUT2D eigenvalue weighted by atomic mass is 10.1. The van der Waals surface area contributed by atoms with E-state index in [1.54, 1.807) is 18.4 Å². The van der Waals surface area contributed by atoms with Gasteiger partial charge in [-0.2, -0.15) is 4.98 Å². The molecule has 0 amide bonds. The van der Waals surface area contributed by atoms with Gasteiger partial charge in [0.15, 0.2) is 0 Å². The smallest absolute Gasteiger partial charge is 0.394 e. The number of nitrogens with zero attached hydrogens (tertiary/aromatic N) is 2. The fourth-order valence-electron chi connectivity index (χ4n) is 1.85. The van der Waals surface area contributed by atoms with Crippen LogP contribution in [0.3, 0.4) is 0 Å². The van der Waals surface area contributed by atoms with Crippen LogP contribution >= 0.6 is 0 Å². The zero-order chi connectivity index (χ0) is 12.7. The Labute approximate surface area is 101 Å². The van der Waals surface area contributed by atoms with E-state index in [0.29, 0.717) is 11.1 Å². The number of aromatic nitrogens is 2. The molecule has 0 aliphatic heterocycles. The Kier molecular flexibility index (Phi) is 2.16. The molecule has 0 unspecified atom stereocenters. The molecule has 90 valence electrons. The van der Waals surface area contributed by atoms with E-state index in [0.717, 1.165) is 10.9 Å². The minimum Gasteiger partial charge on any atom is -0.474 e. The van der Waals surface area contributed by atoms with Gasteiger partial charge in [-0.15, -0.1) is 0 Å². The lowest BCUT2D eigenvalue weighted by molar-refractivity contribution is 0.0643. The number of carboxylic acids is 1. The second-order valence-corrected chi connectivity index (χ2v) is 3.83. The van der Waals surface area contributed by atoms with Crippen molar-refractivity contribution < 1.29 is 18.8 Å². The summed E-state index contributed by atoms with van der Waals surface area (Å²) in [5.74, 6) is -1.43. The maximum atomic E-state index is 10.7. The zero-order valence-electron chi connectivity index (χ0n) is 9.38. The number of hydrogen-bond acceptors (Lipinski definition) is 5. The third kappa shape index (κ3) is 1.46. The van der Waals surface area contributed by atoms with Gasteiger partial charge in [0.2, 0.25) is 5.82 Å². The van der Waals surface area contributed by atoms with Gasteiger partial charge in [-0.1, -0.05) is 17.3 Å². The maximum absolute atomic E-state index is 10.7. The van der Waals surface area contributed by atoms with Crippen LogP contribution < -0.4 is 0 Å². The van der Waals surface area contributed by atoms with Crippen molar-refractivity contribution in [2.24, 2.45) is 0 Å². The number of aromatic carboxylic acids is 1. The van der Waals surface area contributed by atoms with Crippen LogP contribution in [0.5, 0.6) is 0 Å². The molecular weight excluding hydrogens is 236 g/mol. The summed E-state index contributed by atoms with van der Waals surface area (Å²) < 4.78 is 10.0. The van der Waals surface area contributed by atoms with Crippen molar-refractivity contribution in [1.82, 2.24) is 10.1 Å². The minimum absolute atomic E-state index is 0.238. The fourth-order valence-corrected chi connectivity index (χ4v) is 1.85. The molecule has 0 bridgehead atoms. The third-order valence-electron chi connectivity index (χ3n) is 2.63. The highest BCUT2D eigenvalue weighted by Gasteiger charge is 2.17. The first-order valence-electron chi connectivity index (χ1n) is 5.21. The molecule has 0 aliphatic rings. The number of aryl methyl sites for hydroxylation is 1. The largest absolute Gasteiger partial charge is 0.474 e. The van der Waals surface area contributed by atoms with Gasteiger partial charge in [0, 0.05) is 10.9 Å². The third-order valence-corrected chi connectivity index (χ3v) is 2.63. The van der Waals surface area contributed by atoms with Crippen LogP contribution in [0.15, 0.2) is 33.4 Å². The van der Waals surface area contributed by atoms with Crippen LogP contribution in [0.1, 0.15) is 16.2 Å². The van der Waals surface area contributed by atoms with Crippen LogP contribution in [0.4, 0.5) is 0 Å². The number of rotatable bonds is 2. The first kappa shape index (κ1) is 10.5. The number of furan rings is 1. The molecular formula is C12H8N2O4. The maximum Gasteiger partial charge on any atom is 0.394 e.